The lowest BCUT2D eigenvalue weighted by molar-refractivity contribution is -0.144. The minimum absolute atomic E-state index is 0.102. The molecule has 10 nitrogen and oxygen atoms in total. The van der Waals surface area contributed by atoms with Crippen molar-refractivity contribution < 1.29 is 19.4 Å². The normalized spacial score (nSPS) is 23.7. The predicted molar refractivity (Wildman–Crippen MR) is 157 cm³/mol. The van der Waals surface area contributed by atoms with Crippen molar-refractivity contribution in [1.29, 1.82) is 10.5 Å². The quantitative estimate of drug-likeness (QED) is 0.417. The number of anilines is 1. The lowest BCUT2D eigenvalue weighted by Gasteiger charge is -2.37. The van der Waals surface area contributed by atoms with Gasteiger partial charge in [0.15, 0.2) is 11.2 Å². The first-order chi connectivity index (χ1) is 20.4. The van der Waals surface area contributed by atoms with Crippen molar-refractivity contribution in [3.8, 4) is 29.1 Å². The number of benzene rings is 2. The van der Waals surface area contributed by atoms with E-state index in [0.29, 0.717) is 44.2 Å². The zero-order chi connectivity index (χ0) is 29.2. The molecule has 0 spiro atoms. The van der Waals surface area contributed by atoms with Crippen LogP contribution in [0.5, 0.6) is 5.75 Å². The van der Waals surface area contributed by atoms with Crippen LogP contribution in [0.15, 0.2) is 41.8 Å². The van der Waals surface area contributed by atoms with Gasteiger partial charge in [0, 0.05) is 55.1 Å². The van der Waals surface area contributed by atoms with Crippen LogP contribution in [0, 0.1) is 35.5 Å². The molecule has 2 aromatic carbocycles. The number of aliphatic carboxylic acids is 1. The molecule has 0 radical (unpaired) electrons. The smallest absolute Gasteiger partial charge is 0.321 e. The lowest BCUT2D eigenvalue weighted by Crippen LogP contribution is -2.53. The highest BCUT2D eigenvalue weighted by atomic mass is 32.1. The molecule has 6 rings (SSSR count). The number of aryl methyl sites for hydroxylation is 1. The van der Waals surface area contributed by atoms with E-state index in [4.69, 9.17) is 14.5 Å². The summed E-state index contributed by atoms with van der Waals surface area (Å²) in [7, 11) is 0. The molecule has 3 aromatic rings. The van der Waals surface area contributed by atoms with E-state index in [1.807, 2.05) is 47.5 Å². The number of fused-ring (bicyclic) bond motifs is 2. The summed E-state index contributed by atoms with van der Waals surface area (Å²) in [6.45, 7) is 6.80. The van der Waals surface area contributed by atoms with E-state index in [9.17, 15) is 20.4 Å². The molecule has 0 aliphatic carbocycles. The summed E-state index contributed by atoms with van der Waals surface area (Å²) in [5.74, 6) is 0.0544. The average molecular weight is 585 g/mol. The van der Waals surface area contributed by atoms with Crippen molar-refractivity contribution in [2.45, 2.75) is 38.6 Å². The molecule has 11 heteroatoms. The first kappa shape index (κ1) is 28.1. The molecule has 3 unspecified atom stereocenters. The van der Waals surface area contributed by atoms with Crippen molar-refractivity contribution in [2.24, 2.45) is 5.92 Å². The molecule has 3 saturated heterocycles. The number of hydrogen-bond acceptors (Lipinski definition) is 10. The molecule has 3 aliphatic rings. The van der Waals surface area contributed by atoms with Gasteiger partial charge in [-0.2, -0.15) is 10.5 Å². The third-order valence-corrected chi connectivity index (χ3v) is 9.14. The number of carbonyl (C=O) groups is 1. The second-order valence-corrected chi connectivity index (χ2v) is 12.0. The molecule has 2 bridgehead atoms. The Kier molecular flexibility index (Phi) is 8.09. The molecule has 0 saturated carbocycles. The van der Waals surface area contributed by atoms with Gasteiger partial charge < -0.3 is 19.5 Å². The van der Waals surface area contributed by atoms with Gasteiger partial charge in [0.25, 0.3) is 0 Å². The van der Waals surface area contributed by atoms with Crippen LogP contribution >= 0.6 is 11.3 Å². The molecule has 4 heterocycles. The third-order valence-electron chi connectivity index (χ3n) is 8.24. The van der Waals surface area contributed by atoms with Gasteiger partial charge in [0.05, 0.1) is 36.7 Å². The summed E-state index contributed by atoms with van der Waals surface area (Å²) in [5.41, 5.74) is 5.16. The predicted octanol–water partition coefficient (Wildman–Crippen LogP) is 3.85. The second kappa shape index (κ2) is 12.1. The van der Waals surface area contributed by atoms with Crippen molar-refractivity contribution >= 4 is 22.4 Å². The van der Waals surface area contributed by atoms with E-state index in [1.165, 1.54) is 0 Å². The lowest BCUT2D eigenvalue weighted by atomic mass is 9.99. The highest BCUT2D eigenvalue weighted by Gasteiger charge is 2.45. The van der Waals surface area contributed by atoms with E-state index in [2.05, 4.69) is 28.0 Å². The van der Waals surface area contributed by atoms with Gasteiger partial charge in [-0.1, -0.05) is 23.8 Å². The molecular weight excluding hydrogens is 552 g/mol. The van der Waals surface area contributed by atoms with Gasteiger partial charge in [-0.15, -0.1) is 11.3 Å². The van der Waals surface area contributed by atoms with Crippen molar-refractivity contribution in [3.05, 3.63) is 64.0 Å². The molecule has 1 N–H and O–H groups in total. The standard InChI is InChI=1S/C31H32N6O4S/c1-20-2-5-28(41-17-23-4-3-21(11-24(23)12-32)14-35-8-9-40-25(13-33)16-35)26(10-20)27-18-42-31(34-27)37-15-22-6-7-36(19-37)29(22)30(38)39/h2-5,10-11,18,22,25,29H,6-9,14-17,19H2,1H3,(H,38,39)/t22?,25?,29-/m1/s1. The highest BCUT2D eigenvalue weighted by molar-refractivity contribution is 7.14. The van der Waals surface area contributed by atoms with E-state index in [0.717, 1.165) is 52.6 Å². The average Bonchev–Trinajstić information content (AvgIpc) is 3.59. The number of ether oxygens (including phenoxy) is 2. The topological polar surface area (TPSA) is 126 Å². The zero-order valence-corrected chi connectivity index (χ0v) is 24.2. The Hall–Kier alpha value is -4.00. The van der Waals surface area contributed by atoms with Crippen molar-refractivity contribution in [3.63, 3.8) is 0 Å². The molecule has 3 fully saturated rings. The minimum atomic E-state index is -0.737. The first-order valence-electron chi connectivity index (χ1n) is 14.1. The fourth-order valence-corrected chi connectivity index (χ4v) is 6.96. The van der Waals surface area contributed by atoms with Gasteiger partial charge in [0.1, 0.15) is 18.4 Å². The number of rotatable bonds is 8. The maximum Gasteiger partial charge on any atom is 0.321 e. The fraction of sp³-hybridized carbons (Fsp3) is 0.419. The molecule has 4 atom stereocenters. The second-order valence-electron chi connectivity index (χ2n) is 11.1. The Morgan fingerprint density at radius 3 is 2.88 bits per heavy atom. The Morgan fingerprint density at radius 2 is 2.10 bits per heavy atom. The van der Waals surface area contributed by atoms with E-state index in [1.54, 1.807) is 11.3 Å². The molecule has 1 aromatic heterocycles. The largest absolute Gasteiger partial charge is 0.488 e. The summed E-state index contributed by atoms with van der Waals surface area (Å²) in [6.07, 6.45) is 0.471. The van der Waals surface area contributed by atoms with Gasteiger partial charge in [0.2, 0.25) is 0 Å². The molecule has 3 aliphatic heterocycles. The number of hydrogen-bond donors (Lipinski definition) is 1. The van der Waals surface area contributed by atoms with E-state index in [-0.39, 0.29) is 12.5 Å². The van der Waals surface area contributed by atoms with Crippen LogP contribution in [0.3, 0.4) is 0 Å². The van der Waals surface area contributed by atoms with Crippen LogP contribution in [-0.2, 0) is 22.7 Å². The van der Waals surface area contributed by atoms with Gasteiger partial charge >= 0.3 is 5.97 Å². The third kappa shape index (κ3) is 5.83. The van der Waals surface area contributed by atoms with Crippen LogP contribution in [0.4, 0.5) is 5.13 Å². The summed E-state index contributed by atoms with van der Waals surface area (Å²) in [6, 6.07) is 15.9. The van der Waals surface area contributed by atoms with Gasteiger partial charge in [-0.3, -0.25) is 14.6 Å². The summed E-state index contributed by atoms with van der Waals surface area (Å²) < 4.78 is 11.7. The van der Waals surface area contributed by atoms with E-state index >= 15 is 0 Å². The Labute approximate surface area is 248 Å². The number of nitriles is 2. The molecular formula is C31H32N6O4S. The Balaban J connectivity index is 1.15. The first-order valence-corrected chi connectivity index (χ1v) is 15.0. The molecule has 42 heavy (non-hydrogen) atoms. The number of thiazole rings is 1. The summed E-state index contributed by atoms with van der Waals surface area (Å²) >= 11 is 1.56. The van der Waals surface area contributed by atoms with Crippen LogP contribution in [0.1, 0.15) is 28.7 Å². The van der Waals surface area contributed by atoms with E-state index < -0.39 is 18.1 Å². The van der Waals surface area contributed by atoms with Gasteiger partial charge in [-0.25, -0.2) is 4.98 Å². The number of nitrogens with zero attached hydrogens (tertiary/aromatic N) is 6. The zero-order valence-electron chi connectivity index (χ0n) is 23.4. The molecule has 0 amide bonds. The number of aromatic nitrogens is 1. The Morgan fingerprint density at radius 1 is 1.21 bits per heavy atom. The number of morpholine rings is 1. The molecule has 216 valence electrons. The van der Waals surface area contributed by atoms with Crippen molar-refractivity contribution in [1.82, 2.24) is 14.8 Å². The van der Waals surface area contributed by atoms with Crippen LogP contribution in [0.25, 0.3) is 11.3 Å². The summed E-state index contributed by atoms with van der Waals surface area (Å²) in [4.78, 5) is 23.0. The van der Waals surface area contributed by atoms with Crippen molar-refractivity contribution in [2.75, 3.05) is 44.4 Å². The SMILES string of the molecule is Cc1ccc(OCc2ccc(CN3CCOC(C#N)C3)cc2C#N)c(-c2csc(N3CC4CCN(C3)[C@H]4C(=O)O)n2)c1. The van der Waals surface area contributed by atoms with Crippen LogP contribution < -0.4 is 9.64 Å². The highest BCUT2D eigenvalue weighted by Crippen LogP contribution is 2.38. The minimum Gasteiger partial charge on any atom is -0.488 e. The van der Waals surface area contributed by atoms with Crippen LogP contribution in [0.2, 0.25) is 0 Å². The van der Waals surface area contributed by atoms with Crippen LogP contribution in [-0.4, -0.2) is 77.5 Å². The number of carboxylic acids is 1. The Bertz CT molecular complexity index is 1550. The maximum atomic E-state index is 11.7. The van der Waals surface area contributed by atoms with Gasteiger partial charge in [-0.05, 0) is 37.1 Å². The maximum absolute atomic E-state index is 11.7. The number of carboxylic acid groups (broad SMARTS) is 1. The summed E-state index contributed by atoms with van der Waals surface area (Å²) in [5, 5.41) is 31.6. The monoisotopic (exact) mass is 584 g/mol. The fourth-order valence-electron chi connectivity index (χ4n) is 6.13.